The maximum absolute atomic E-state index is 12.5. The second-order valence-electron chi connectivity index (χ2n) is 8.64. The van der Waals surface area contributed by atoms with Crippen LogP contribution in [0.4, 0.5) is 5.82 Å². The molecule has 1 aliphatic rings. The maximum atomic E-state index is 12.5. The number of anilines is 1. The number of aromatic nitrogens is 2. The van der Waals surface area contributed by atoms with E-state index in [1.54, 1.807) is 13.8 Å². The van der Waals surface area contributed by atoms with Gasteiger partial charge in [0.05, 0.1) is 12.0 Å². The number of likely N-dealkylation sites (tertiary alicyclic amines) is 1. The van der Waals surface area contributed by atoms with Crippen LogP contribution in [0.25, 0.3) is 11.1 Å². The first-order valence-corrected chi connectivity index (χ1v) is 11.4. The summed E-state index contributed by atoms with van der Waals surface area (Å²) < 4.78 is 11.0. The van der Waals surface area contributed by atoms with Crippen molar-refractivity contribution in [2.45, 2.75) is 47.1 Å². The monoisotopic (exact) mass is 436 g/mol. The minimum atomic E-state index is -0.399. The summed E-state index contributed by atoms with van der Waals surface area (Å²) >= 11 is 0. The fourth-order valence-electron chi connectivity index (χ4n) is 4.34. The van der Waals surface area contributed by atoms with E-state index in [4.69, 9.17) is 9.15 Å². The van der Waals surface area contributed by atoms with Gasteiger partial charge in [-0.3, -0.25) is 4.90 Å². The van der Waals surface area contributed by atoms with Crippen molar-refractivity contribution < 1.29 is 13.9 Å². The Morgan fingerprint density at radius 2 is 1.88 bits per heavy atom. The van der Waals surface area contributed by atoms with Crippen LogP contribution >= 0.6 is 0 Å². The zero-order valence-electron chi connectivity index (χ0n) is 19.4. The van der Waals surface area contributed by atoms with Crippen LogP contribution in [0.2, 0.25) is 0 Å². The number of piperidine rings is 1. The molecule has 7 nitrogen and oxygen atoms in total. The second-order valence-corrected chi connectivity index (χ2v) is 8.64. The Morgan fingerprint density at radius 1 is 1.16 bits per heavy atom. The lowest BCUT2D eigenvalue weighted by atomic mass is 9.96. The highest BCUT2D eigenvalue weighted by atomic mass is 16.5. The zero-order valence-corrected chi connectivity index (χ0v) is 19.4. The van der Waals surface area contributed by atoms with E-state index in [0.29, 0.717) is 46.6 Å². The highest BCUT2D eigenvalue weighted by molar-refractivity contribution is 6.07. The average Bonchev–Trinajstić information content (AvgIpc) is 3.10. The number of esters is 1. The fourth-order valence-corrected chi connectivity index (χ4v) is 4.34. The van der Waals surface area contributed by atoms with E-state index in [0.717, 1.165) is 39.0 Å². The van der Waals surface area contributed by atoms with Crippen molar-refractivity contribution in [1.29, 1.82) is 0 Å². The largest absolute Gasteiger partial charge is 0.462 e. The number of nitrogens with zero attached hydrogens (tertiary/aromatic N) is 3. The highest BCUT2D eigenvalue weighted by Gasteiger charge is 2.25. The SMILES string of the molecule is CCOC(=O)c1c(C)oc2nc(C)nc(NCC3CCN(Cc4ccc(C)cc4)CC3)c12. The molecule has 0 unspecified atom stereocenters. The third kappa shape index (κ3) is 4.93. The first kappa shape index (κ1) is 22.3. The predicted molar refractivity (Wildman–Crippen MR) is 125 cm³/mol. The van der Waals surface area contributed by atoms with Crippen molar-refractivity contribution in [2.24, 2.45) is 5.92 Å². The summed E-state index contributed by atoms with van der Waals surface area (Å²) in [7, 11) is 0. The summed E-state index contributed by atoms with van der Waals surface area (Å²) in [6.07, 6.45) is 2.25. The number of rotatable bonds is 7. The van der Waals surface area contributed by atoms with Crippen LogP contribution in [0, 0.1) is 26.7 Å². The molecule has 3 heterocycles. The Morgan fingerprint density at radius 3 is 2.56 bits per heavy atom. The van der Waals surface area contributed by atoms with Gasteiger partial charge in [-0.05, 0) is 65.1 Å². The normalized spacial score (nSPS) is 15.2. The predicted octanol–water partition coefficient (Wildman–Crippen LogP) is 4.65. The lowest BCUT2D eigenvalue weighted by molar-refractivity contribution is 0.0526. The topological polar surface area (TPSA) is 80.5 Å². The number of fused-ring (bicyclic) bond motifs is 1. The van der Waals surface area contributed by atoms with Crippen molar-refractivity contribution in [3.8, 4) is 0 Å². The molecule has 170 valence electrons. The minimum Gasteiger partial charge on any atom is -0.462 e. The number of carbonyl (C=O) groups excluding carboxylic acids is 1. The van der Waals surface area contributed by atoms with Gasteiger partial charge in [-0.1, -0.05) is 29.8 Å². The Balaban J connectivity index is 1.41. The van der Waals surface area contributed by atoms with Crippen molar-refractivity contribution in [2.75, 3.05) is 31.6 Å². The van der Waals surface area contributed by atoms with E-state index in [9.17, 15) is 4.79 Å². The first-order chi connectivity index (χ1) is 15.4. The molecular formula is C25H32N4O3. The molecule has 0 aliphatic carbocycles. The number of aryl methyl sites for hydroxylation is 3. The van der Waals surface area contributed by atoms with E-state index in [-0.39, 0.29) is 0 Å². The summed E-state index contributed by atoms with van der Waals surface area (Å²) in [5.74, 6) is 1.91. The van der Waals surface area contributed by atoms with Crippen molar-refractivity contribution in [3.05, 3.63) is 52.5 Å². The van der Waals surface area contributed by atoms with Gasteiger partial charge >= 0.3 is 5.97 Å². The van der Waals surface area contributed by atoms with E-state index < -0.39 is 5.97 Å². The number of furan rings is 1. The molecule has 1 saturated heterocycles. The summed E-state index contributed by atoms with van der Waals surface area (Å²) in [6.45, 7) is 11.8. The molecule has 1 fully saturated rings. The third-order valence-electron chi connectivity index (χ3n) is 6.11. The molecule has 1 aliphatic heterocycles. The minimum absolute atomic E-state index is 0.307. The smallest absolute Gasteiger partial charge is 0.342 e. The number of hydrogen-bond acceptors (Lipinski definition) is 7. The van der Waals surface area contributed by atoms with Crippen LogP contribution in [-0.2, 0) is 11.3 Å². The third-order valence-corrected chi connectivity index (χ3v) is 6.11. The molecule has 0 spiro atoms. The van der Waals surface area contributed by atoms with Crippen molar-refractivity contribution in [3.63, 3.8) is 0 Å². The summed E-state index contributed by atoms with van der Waals surface area (Å²) in [5.41, 5.74) is 3.50. The summed E-state index contributed by atoms with van der Waals surface area (Å²) in [5, 5.41) is 4.10. The number of hydrogen-bond donors (Lipinski definition) is 1. The lowest BCUT2D eigenvalue weighted by Crippen LogP contribution is -2.35. The Kier molecular flexibility index (Phi) is 6.74. The fraction of sp³-hybridized carbons (Fsp3) is 0.480. The van der Waals surface area contributed by atoms with Gasteiger partial charge in [0.15, 0.2) is 0 Å². The Bertz CT molecular complexity index is 1080. The molecule has 0 radical (unpaired) electrons. The molecular weight excluding hydrogens is 404 g/mol. The quantitative estimate of drug-likeness (QED) is 0.540. The van der Waals surface area contributed by atoms with Crippen molar-refractivity contribution >= 4 is 22.9 Å². The van der Waals surface area contributed by atoms with Gasteiger partial charge in [0.25, 0.3) is 0 Å². The number of nitrogens with one attached hydrogen (secondary N) is 1. The van der Waals surface area contributed by atoms with Gasteiger partial charge in [0.2, 0.25) is 5.71 Å². The molecule has 3 aromatic rings. The van der Waals surface area contributed by atoms with Crippen LogP contribution in [0.5, 0.6) is 0 Å². The zero-order chi connectivity index (χ0) is 22.7. The van der Waals surface area contributed by atoms with Gasteiger partial charge < -0.3 is 14.5 Å². The van der Waals surface area contributed by atoms with Crippen LogP contribution in [0.15, 0.2) is 28.7 Å². The molecule has 7 heteroatoms. The first-order valence-electron chi connectivity index (χ1n) is 11.4. The van der Waals surface area contributed by atoms with Crippen LogP contribution in [0.1, 0.15) is 52.8 Å². The summed E-state index contributed by atoms with van der Waals surface area (Å²) in [6, 6.07) is 8.80. The van der Waals surface area contributed by atoms with Crippen LogP contribution < -0.4 is 5.32 Å². The molecule has 1 N–H and O–H groups in total. The van der Waals surface area contributed by atoms with E-state index in [1.807, 2.05) is 6.92 Å². The molecule has 1 aromatic carbocycles. The lowest BCUT2D eigenvalue weighted by Gasteiger charge is -2.32. The number of ether oxygens (including phenoxy) is 1. The van der Waals surface area contributed by atoms with E-state index >= 15 is 0 Å². The maximum Gasteiger partial charge on any atom is 0.342 e. The molecule has 2 aromatic heterocycles. The molecule has 0 saturated carbocycles. The van der Waals surface area contributed by atoms with Gasteiger partial charge in [-0.25, -0.2) is 9.78 Å². The number of benzene rings is 1. The Hall–Kier alpha value is -2.93. The van der Waals surface area contributed by atoms with Gasteiger partial charge in [-0.2, -0.15) is 4.98 Å². The van der Waals surface area contributed by atoms with Crippen LogP contribution in [-0.4, -0.2) is 47.1 Å². The average molecular weight is 437 g/mol. The highest BCUT2D eigenvalue weighted by Crippen LogP contribution is 2.31. The number of carbonyl (C=O) groups is 1. The standard InChI is InChI=1S/C25H32N4O3/c1-5-31-25(30)21-17(3)32-24-22(21)23(27-18(4)28-24)26-14-19-10-12-29(13-11-19)15-20-8-6-16(2)7-9-20/h6-9,19H,5,10-15H2,1-4H3,(H,26,27,28). The molecule has 4 rings (SSSR count). The summed E-state index contributed by atoms with van der Waals surface area (Å²) in [4.78, 5) is 24.0. The molecule has 32 heavy (non-hydrogen) atoms. The molecule has 0 atom stereocenters. The molecule has 0 amide bonds. The second kappa shape index (κ2) is 9.69. The van der Waals surface area contributed by atoms with Gasteiger partial charge in [0, 0.05) is 13.1 Å². The Labute approximate surface area is 189 Å². The van der Waals surface area contributed by atoms with Crippen molar-refractivity contribution in [1.82, 2.24) is 14.9 Å². The van der Waals surface area contributed by atoms with Crippen LogP contribution in [0.3, 0.4) is 0 Å². The van der Waals surface area contributed by atoms with Gasteiger partial charge in [-0.15, -0.1) is 0 Å². The molecule has 0 bridgehead atoms. The van der Waals surface area contributed by atoms with E-state index in [2.05, 4.69) is 51.4 Å². The van der Waals surface area contributed by atoms with Gasteiger partial charge in [0.1, 0.15) is 23.0 Å². The van der Waals surface area contributed by atoms with E-state index in [1.165, 1.54) is 11.1 Å².